The molecular weight excluding hydrogens is 312 g/mol. The molecule has 3 unspecified atom stereocenters. The lowest BCUT2D eigenvalue weighted by molar-refractivity contribution is -0.136. The maximum absolute atomic E-state index is 12.8. The van der Waals surface area contributed by atoms with Crippen molar-refractivity contribution in [1.82, 2.24) is 9.80 Å². The number of aliphatic hydroxyl groups excluding tert-OH is 1. The van der Waals surface area contributed by atoms with Crippen molar-refractivity contribution in [3.63, 3.8) is 0 Å². The van der Waals surface area contributed by atoms with Gasteiger partial charge in [0.05, 0.1) is 12.1 Å². The number of rotatable bonds is 5. The first-order chi connectivity index (χ1) is 12.0. The molecule has 2 aliphatic rings. The number of carbonyl (C=O) groups excluding carboxylic acids is 1. The van der Waals surface area contributed by atoms with E-state index in [0.717, 1.165) is 38.4 Å². The van der Waals surface area contributed by atoms with Gasteiger partial charge in [-0.15, -0.1) is 0 Å². The Morgan fingerprint density at radius 2 is 1.80 bits per heavy atom. The van der Waals surface area contributed by atoms with Crippen LogP contribution in [0.25, 0.3) is 0 Å². The summed E-state index contributed by atoms with van der Waals surface area (Å²) in [4.78, 5) is 17.1. The summed E-state index contributed by atoms with van der Waals surface area (Å²) in [6, 6.07) is 10.7. The lowest BCUT2D eigenvalue weighted by atomic mass is 9.89. The van der Waals surface area contributed by atoms with Crippen molar-refractivity contribution in [3.8, 4) is 0 Å². The van der Waals surface area contributed by atoms with E-state index >= 15 is 0 Å². The van der Waals surface area contributed by atoms with E-state index in [1.807, 2.05) is 11.8 Å². The standard InChI is InChI=1S/C21H32N2O2/c1-16(21(25)23-13-10-20(15-23)17(2)24)22-11-8-19(9-12-22)14-18-6-4-3-5-7-18/h3-7,16-17,19-20,24H,8-15H2,1-2H3. The van der Waals surface area contributed by atoms with Gasteiger partial charge in [-0.3, -0.25) is 9.69 Å². The van der Waals surface area contributed by atoms with Crippen molar-refractivity contribution < 1.29 is 9.90 Å². The molecule has 1 aromatic rings. The number of likely N-dealkylation sites (tertiary alicyclic amines) is 2. The summed E-state index contributed by atoms with van der Waals surface area (Å²) in [7, 11) is 0. The number of aliphatic hydroxyl groups is 1. The quantitative estimate of drug-likeness (QED) is 0.893. The van der Waals surface area contributed by atoms with Gasteiger partial charge in [0.25, 0.3) is 0 Å². The highest BCUT2D eigenvalue weighted by Crippen LogP contribution is 2.25. The van der Waals surface area contributed by atoms with Gasteiger partial charge in [0.15, 0.2) is 0 Å². The fourth-order valence-electron chi connectivity index (χ4n) is 4.29. The van der Waals surface area contributed by atoms with Gasteiger partial charge in [-0.25, -0.2) is 0 Å². The summed E-state index contributed by atoms with van der Waals surface area (Å²) in [5.74, 6) is 1.21. The van der Waals surface area contributed by atoms with Gasteiger partial charge in [0, 0.05) is 19.0 Å². The summed E-state index contributed by atoms with van der Waals surface area (Å²) >= 11 is 0. The van der Waals surface area contributed by atoms with Crippen molar-refractivity contribution in [2.24, 2.45) is 11.8 Å². The Bertz CT molecular complexity index is 552. The Morgan fingerprint density at radius 3 is 2.40 bits per heavy atom. The molecule has 2 fully saturated rings. The third-order valence-corrected chi connectivity index (χ3v) is 6.14. The van der Waals surface area contributed by atoms with Crippen LogP contribution in [0.1, 0.15) is 38.7 Å². The molecule has 0 aliphatic carbocycles. The summed E-state index contributed by atoms with van der Waals surface area (Å²) in [5.41, 5.74) is 1.42. The molecule has 4 heteroatoms. The predicted octanol–water partition coefficient (Wildman–Crippen LogP) is 2.56. The van der Waals surface area contributed by atoms with Crippen molar-refractivity contribution in [1.29, 1.82) is 0 Å². The molecule has 0 saturated carbocycles. The number of amides is 1. The van der Waals surface area contributed by atoms with Crippen molar-refractivity contribution >= 4 is 5.91 Å². The van der Waals surface area contributed by atoms with E-state index in [0.29, 0.717) is 6.54 Å². The molecular formula is C21H32N2O2. The van der Waals surface area contributed by atoms with Crippen LogP contribution in [0.4, 0.5) is 0 Å². The van der Waals surface area contributed by atoms with Crippen LogP contribution in [0.15, 0.2) is 30.3 Å². The molecule has 2 saturated heterocycles. The molecule has 0 radical (unpaired) electrons. The second-order valence-electron chi connectivity index (χ2n) is 7.92. The van der Waals surface area contributed by atoms with E-state index < -0.39 is 0 Å². The first-order valence-corrected chi connectivity index (χ1v) is 9.79. The zero-order chi connectivity index (χ0) is 17.8. The average molecular weight is 344 g/mol. The molecule has 3 rings (SSSR count). The third-order valence-electron chi connectivity index (χ3n) is 6.14. The van der Waals surface area contributed by atoms with Gasteiger partial charge < -0.3 is 10.0 Å². The molecule has 2 aliphatic heterocycles. The molecule has 2 heterocycles. The number of benzene rings is 1. The molecule has 138 valence electrons. The fourth-order valence-corrected chi connectivity index (χ4v) is 4.29. The van der Waals surface area contributed by atoms with E-state index in [2.05, 4.69) is 42.2 Å². The molecule has 25 heavy (non-hydrogen) atoms. The number of nitrogens with zero attached hydrogens (tertiary/aromatic N) is 2. The van der Waals surface area contributed by atoms with Crippen LogP contribution in [0.2, 0.25) is 0 Å². The minimum Gasteiger partial charge on any atom is -0.393 e. The monoisotopic (exact) mass is 344 g/mol. The van der Waals surface area contributed by atoms with E-state index in [-0.39, 0.29) is 24.0 Å². The van der Waals surface area contributed by atoms with E-state index in [4.69, 9.17) is 0 Å². The number of hydrogen-bond donors (Lipinski definition) is 1. The molecule has 0 bridgehead atoms. The van der Waals surface area contributed by atoms with Crippen LogP contribution in [0.5, 0.6) is 0 Å². The van der Waals surface area contributed by atoms with Gasteiger partial charge in [-0.05, 0) is 64.1 Å². The lowest BCUT2D eigenvalue weighted by Gasteiger charge is -2.37. The number of carbonyl (C=O) groups is 1. The summed E-state index contributed by atoms with van der Waals surface area (Å²) in [6.07, 6.45) is 4.10. The lowest BCUT2D eigenvalue weighted by Crippen LogP contribution is -2.49. The SMILES string of the molecule is CC(O)C1CCN(C(=O)C(C)N2CCC(Cc3ccccc3)CC2)C1. The first-order valence-electron chi connectivity index (χ1n) is 9.79. The van der Waals surface area contributed by atoms with Gasteiger partial charge >= 0.3 is 0 Å². The van der Waals surface area contributed by atoms with Crippen LogP contribution in [0.3, 0.4) is 0 Å². The Balaban J connectivity index is 1.46. The molecule has 1 amide bonds. The smallest absolute Gasteiger partial charge is 0.239 e. The highest BCUT2D eigenvalue weighted by atomic mass is 16.3. The topological polar surface area (TPSA) is 43.8 Å². The van der Waals surface area contributed by atoms with E-state index in [1.165, 1.54) is 18.4 Å². The van der Waals surface area contributed by atoms with Crippen LogP contribution in [-0.4, -0.2) is 59.1 Å². The Labute approximate surface area is 151 Å². The van der Waals surface area contributed by atoms with Crippen molar-refractivity contribution in [2.75, 3.05) is 26.2 Å². The second-order valence-corrected chi connectivity index (χ2v) is 7.92. The van der Waals surface area contributed by atoms with Gasteiger partial charge in [0.1, 0.15) is 0 Å². The van der Waals surface area contributed by atoms with Crippen LogP contribution >= 0.6 is 0 Å². The van der Waals surface area contributed by atoms with Crippen molar-refractivity contribution in [3.05, 3.63) is 35.9 Å². The van der Waals surface area contributed by atoms with Crippen LogP contribution < -0.4 is 0 Å². The highest BCUT2D eigenvalue weighted by molar-refractivity contribution is 5.81. The van der Waals surface area contributed by atoms with E-state index in [1.54, 1.807) is 0 Å². The maximum Gasteiger partial charge on any atom is 0.239 e. The molecule has 3 atom stereocenters. The van der Waals surface area contributed by atoms with Gasteiger partial charge in [-0.2, -0.15) is 0 Å². The Hall–Kier alpha value is -1.39. The Morgan fingerprint density at radius 1 is 1.12 bits per heavy atom. The van der Waals surface area contributed by atoms with Crippen LogP contribution in [-0.2, 0) is 11.2 Å². The highest BCUT2D eigenvalue weighted by Gasteiger charge is 2.34. The fraction of sp³-hybridized carbons (Fsp3) is 0.667. The maximum atomic E-state index is 12.8. The normalized spacial score (nSPS) is 25.1. The summed E-state index contributed by atoms with van der Waals surface area (Å²) in [6.45, 7) is 7.42. The zero-order valence-electron chi connectivity index (χ0n) is 15.6. The average Bonchev–Trinajstić information content (AvgIpc) is 3.12. The number of hydrogen-bond acceptors (Lipinski definition) is 3. The molecule has 1 N–H and O–H groups in total. The van der Waals surface area contributed by atoms with E-state index in [9.17, 15) is 9.90 Å². The molecule has 0 spiro atoms. The van der Waals surface area contributed by atoms with Gasteiger partial charge in [-0.1, -0.05) is 30.3 Å². The van der Waals surface area contributed by atoms with Crippen molar-refractivity contribution in [2.45, 2.75) is 51.7 Å². The molecule has 1 aromatic carbocycles. The molecule has 0 aromatic heterocycles. The largest absolute Gasteiger partial charge is 0.393 e. The first kappa shape index (κ1) is 18.4. The van der Waals surface area contributed by atoms with Gasteiger partial charge in [0.2, 0.25) is 5.91 Å². The third kappa shape index (κ3) is 4.62. The Kier molecular flexibility index (Phi) is 6.13. The minimum atomic E-state index is -0.318. The van der Waals surface area contributed by atoms with Crippen LogP contribution in [0, 0.1) is 11.8 Å². The predicted molar refractivity (Wildman–Crippen MR) is 100 cm³/mol. The molecule has 4 nitrogen and oxygen atoms in total. The number of piperidine rings is 1. The summed E-state index contributed by atoms with van der Waals surface area (Å²) < 4.78 is 0. The zero-order valence-corrected chi connectivity index (χ0v) is 15.6. The second kappa shape index (κ2) is 8.33. The minimum absolute atomic E-state index is 0.0366. The summed E-state index contributed by atoms with van der Waals surface area (Å²) in [5, 5.41) is 9.74.